The van der Waals surface area contributed by atoms with Gasteiger partial charge in [-0.1, -0.05) is 41.0 Å². The van der Waals surface area contributed by atoms with Gasteiger partial charge < -0.3 is 10.4 Å². The number of fused-ring (bicyclic) bond motifs is 2. The van der Waals surface area contributed by atoms with Crippen LogP contribution in [0, 0.1) is 0 Å². The first kappa shape index (κ1) is 16.5. The summed E-state index contributed by atoms with van der Waals surface area (Å²) in [4.78, 5) is 12.5. The molecule has 1 atom stereocenters. The Labute approximate surface area is 162 Å². The van der Waals surface area contributed by atoms with Crippen LogP contribution in [0.3, 0.4) is 0 Å². The van der Waals surface area contributed by atoms with E-state index in [9.17, 15) is 9.90 Å². The molecule has 9 nitrogen and oxygen atoms in total. The number of aromatic amines is 1. The van der Waals surface area contributed by atoms with Crippen LogP contribution in [0.25, 0.3) is 11.3 Å². The van der Waals surface area contributed by atoms with Crippen molar-refractivity contribution < 1.29 is 5.11 Å². The van der Waals surface area contributed by atoms with Crippen LogP contribution in [0.15, 0.2) is 53.3 Å². The van der Waals surface area contributed by atoms with Crippen molar-refractivity contribution in [2.24, 2.45) is 0 Å². The van der Waals surface area contributed by atoms with Crippen LogP contribution in [-0.2, 0) is 0 Å². The molecule has 4 aromatic rings. The topological polar surface area (TPSA) is 122 Å². The van der Waals surface area contributed by atoms with Gasteiger partial charge in [-0.25, -0.2) is 5.10 Å². The molecule has 0 saturated carbocycles. The maximum Gasteiger partial charge on any atom is 0.288 e. The third-order valence-corrected chi connectivity index (χ3v) is 4.82. The van der Waals surface area contributed by atoms with Crippen molar-refractivity contribution in [2.75, 3.05) is 5.32 Å². The van der Waals surface area contributed by atoms with Gasteiger partial charge in [-0.2, -0.15) is 9.78 Å². The largest absolute Gasteiger partial charge is 0.508 e. The van der Waals surface area contributed by atoms with Gasteiger partial charge in [-0.05, 0) is 40.3 Å². The fourth-order valence-corrected chi connectivity index (χ4v) is 3.49. The van der Waals surface area contributed by atoms with E-state index >= 15 is 0 Å². The highest BCUT2D eigenvalue weighted by Crippen LogP contribution is 2.41. The number of hydrogen-bond donors (Lipinski definition) is 3. The Hall–Kier alpha value is -3.72. The fourth-order valence-electron chi connectivity index (χ4n) is 3.37. The van der Waals surface area contributed by atoms with Gasteiger partial charge in [0, 0.05) is 16.1 Å². The van der Waals surface area contributed by atoms with Crippen LogP contribution in [0.5, 0.6) is 5.75 Å². The molecule has 0 amide bonds. The molecule has 28 heavy (non-hydrogen) atoms. The second kappa shape index (κ2) is 6.17. The molecule has 3 heterocycles. The summed E-state index contributed by atoms with van der Waals surface area (Å²) in [5.41, 5.74) is 2.52. The Morgan fingerprint density at radius 1 is 1.14 bits per heavy atom. The van der Waals surface area contributed by atoms with Crippen molar-refractivity contribution in [3.05, 3.63) is 75.0 Å². The van der Waals surface area contributed by atoms with Crippen LogP contribution >= 0.6 is 11.6 Å². The van der Waals surface area contributed by atoms with Crippen LogP contribution in [0.4, 0.5) is 11.6 Å². The zero-order valence-corrected chi connectivity index (χ0v) is 14.9. The summed E-state index contributed by atoms with van der Waals surface area (Å²) in [6.45, 7) is 0. The lowest BCUT2D eigenvalue weighted by molar-refractivity contribution is 0.472. The lowest BCUT2D eigenvalue weighted by Crippen LogP contribution is -2.29. The molecule has 0 radical (unpaired) electrons. The molecule has 0 fully saturated rings. The number of tetrazole rings is 1. The first-order chi connectivity index (χ1) is 13.6. The third-order valence-electron chi connectivity index (χ3n) is 4.57. The maximum absolute atomic E-state index is 12.5. The SMILES string of the molecule is O=c1[nH]nc(-c2ccc(Cl)cc2)c2c1Nc1nnnn1[C@@H]2c1cccc(O)c1. The van der Waals surface area contributed by atoms with E-state index in [2.05, 4.69) is 31.0 Å². The normalized spacial score (nSPS) is 14.8. The van der Waals surface area contributed by atoms with Crippen LogP contribution in [0.1, 0.15) is 17.2 Å². The van der Waals surface area contributed by atoms with E-state index in [0.29, 0.717) is 33.5 Å². The van der Waals surface area contributed by atoms with Crippen LogP contribution in [-0.4, -0.2) is 35.5 Å². The van der Waals surface area contributed by atoms with Crippen LogP contribution < -0.4 is 10.9 Å². The highest BCUT2D eigenvalue weighted by atomic mass is 35.5. The molecule has 0 saturated heterocycles. The molecule has 0 spiro atoms. The Kier molecular flexibility index (Phi) is 3.63. The minimum atomic E-state index is -0.561. The zero-order chi connectivity index (χ0) is 19.3. The standard InChI is InChI=1S/C18H12ClN7O2/c19-11-6-4-9(5-7-11)14-13-15(17(28)22-21-14)20-18-23-24-25-26(18)16(13)10-2-1-3-12(27)8-10/h1-8,16,27H,(H,22,28)(H,20,23,25)/t16-/m1/s1. The van der Waals surface area contributed by atoms with Gasteiger partial charge in [-0.15, -0.1) is 0 Å². The summed E-state index contributed by atoms with van der Waals surface area (Å²) in [6, 6.07) is 13.3. The predicted octanol–water partition coefficient (Wildman–Crippen LogP) is 2.48. The molecule has 1 aliphatic heterocycles. The average Bonchev–Trinajstić information content (AvgIpc) is 3.16. The number of nitrogens with zero attached hydrogens (tertiary/aromatic N) is 5. The lowest BCUT2D eigenvalue weighted by Gasteiger charge is -2.27. The summed E-state index contributed by atoms with van der Waals surface area (Å²) < 4.78 is 1.55. The maximum atomic E-state index is 12.5. The minimum absolute atomic E-state index is 0.0954. The van der Waals surface area contributed by atoms with Crippen LogP contribution in [0.2, 0.25) is 5.02 Å². The lowest BCUT2D eigenvalue weighted by atomic mass is 9.92. The van der Waals surface area contributed by atoms with Gasteiger partial charge in [0.05, 0.1) is 5.69 Å². The smallest absolute Gasteiger partial charge is 0.288 e. The molecular formula is C18H12ClN7O2. The average molecular weight is 394 g/mol. The van der Waals surface area contributed by atoms with E-state index in [1.165, 1.54) is 0 Å². The van der Waals surface area contributed by atoms with Gasteiger partial charge in [0.25, 0.3) is 5.56 Å². The minimum Gasteiger partial charge on any atom is -0.508 e. The molecule has 10 heteroatoms. The number of phenols is 1. The second-order valence-corrected chi connectivity index (χ2v) is 6.70. The molecule has 0 bridgehead atoms. The van der Waals surface area contributed by atoms with Gasteiger partial charge in [-0.3, -0.25) is 4.79 Å². The molecule has 1 aliphatic rings. The number of aromatic hydroxyl groups is 1. The highest BCUT2D eigenvalue weighted by molar-refractivity contribution is 6.30. The number of phenolic OH excluding ortho intramolecular Hbond substituents is 1. The van der Waals surface area contributed by atoms with E-state index in [4.69, 9.17) is 11.6 Å². The number of nitrogens with one attached hydrogen (secondary N) is 2. The van der Waals surface area contributed by atoms with Crippen molar-refractivity contribution in [2.45, 2.75) is 6.04 Å². The summed E-state index contributed by atoms with van der Waals surface area (Å²) in [7, 11) is 0. The number of H-pyrrole nitrogens is 1. The first-order valence-electron chi connectivity index (χ1n) is 8.34. The molecule has 0 aliphatic carbocycles. The first-order valence-corrected chi connectivity index (χ1v) is 8.72. The van der Waals surface area contributed by atoms with E-state index in [0.717, 1.165) is 5.56 Å². The molecule has 138 valence electrons. The third kappa shape index (κ3) is 2.52. The molecule has 2 aromatic carbocycles. The van der Waals surface area contributed by atoms with Crippen molar-refractivity contribution in [3.8, 4) is 17.0 Å². The van der Waals surface area contributed by atoms with Gasteiger partial charge in [0.1, 0.15) is 17.5 Å². The Morgan fingerprint density at radius 2 is 1.96 bits per heavy atom. The van der Waals surface area contributed by atoms with Crippen molar-refractivity contribution in [1.82, 2.24) is 30.4 Å². The molecular weight excluding hydrogens is 382 g/mol. The number of anilines is 2. The van der Waals surface area contributed by atoms with Gasteiger partial charge in [0.2, 0.25) is 5.95 Å². The second-order valence-electron chi connectivity index (χ2n) is 6.27. The number of rotatable bonds is 2. The fraction of sp³-hybridized carbons (Fsp3) is 0.0556. The molecule has 2 aromatic heterocycles. The van der Waals surface area contributed by atoms with E-state index < -0.39 is 11.6 Å². The van der Waals surface area contributed by atoms with Crippen molar-refractivity contribution >= 4 is 23.2 Å². The molecule has 0 unspecified atom stereocenters. The summed E-state index contributed by atoms with van der Waals surface area (Å²) in [5, 5.41) is 32.1. The summed E-state index contributed by atoms with van der Waals surface area (Å²) >= 11 is 6.01. The van der Waals surface area contributed by atoms with E-state index in [-0.39, 0.29) is 5.75 Å². The summed E-state index contributed by atoms with van der Waals surface area (Å²) in [5.74, 6) is 0.414. The van der Waals surface area contributed by atoms with Crippen molar-refractivity contribution in [1.29, 1.82) is 0 Å². The summed E-state index contributed by atoms with van der Waals surface area (Å²) in [6.07, 6.45) is 0. The number of hydrogen-bond acceptors (Lipinski definition) is 7. The molecule has 3 N–H and O–H groups in total. The van der Waals surface area contributed by atoms with Gasteiger partial charge >= 0.3 is 0 Å². The zero-order valence-electron chi connectivity index (χ0n) is 14.2. The monoisotopic (exact) mass is 393 g/mol. The number of aromatic nitrogens is 6. The van der Waals surface area contributed by atoms with Crippen molar-refractivity contribution in [3.63, 3.8) is 0 Å². The quantitative estimate of drug-likeness (QED) is 0.421. The molecule has 5 rings (SSSR count). The van der Waals surface area contributed by atoms with Gasteiger partial charge in [0.15, 0.2) is 0 Å². The number of benzene rings is 2. The van der Waals surface area contributed by atoms with E-state index in [1.54, 1.807) is 35.0 Å². The van der Waals surface area contributed by atoms with E-state index in [1.807, 2.05) is 18.2 Å². The Balaban J connectivity index is 1.82. The predicted molar refractivity (Wildman–Crippen MR) is 102 cm³/mol. The Morgan fingerprint density at radius 3 is 2.75 bits per heavy atom. The highest BCUT2D eigenvalue weighted by Gasteiger charge is 2.34. The number of halogens is 1. The Bertz CT molecular complexity index is 1250.